The topological polar surface area (TPSA) is 147 Å². The van der Waals surface area contributed by atoms with E-state index < -0.39 is 17.5 Å². The number of piperidine rings is 1. The summed E-state index contributed by atoms with van der Waals surface area (Å²) in [5.41, 5.74) is 11.9. The number of hydrogen-bond donors (Lipinski definition) is 4. The van der Waals surface area contributed by atoms with Crippen molar-refractivity contribution in [3.05, 3.63) is 33.9 Å². The van der Waals surface area contributed by atoms with Crippen molar-refractivity contribution in [1.82, 2.24) is 15.3 Å². The summed E-state index contributed by atoms with van der Waals surface area (Å²) in [5, 5.41) is 12.2. The molecule has 33 heavy (non-hydrogen) atoms. The summed E-state index contributed by atoms with van der Waals surface area (Å²) in [6.07, 6.45) is 1.22. The molecule has 1 fully saturated rings. The highest BCUT2D eigenvalue weighted by molar-refractivity contribution is 6.44. The molecule has 0 aliphatic carbocycles. The van der Waals surface area contributed by atoms with Gasteiger partial charge in [-0.2, -0.15) is 4.98 Å². The number of carbonyl (C=O) groups is 2. The van der Waals surface area contributed by atoms with Crippen LogP contribution in [0, 0.1) is 5.41 Å². The van der Waals surface area contributed by atoms with Crippen molar-refractivity contribution in [3.8, 4) is 11.1 Å². The average molecular weight is 495 g/mol. The quantitative estimate of drug-likeness (QED) is 0.470. The SMILES string of the molecule is CC1(CC(C)(C)NC(=O)O)CCN(c2nc(N)c(-c3cccc(Cl)c3Cl)c(C(N)=O)n2)CC1. The number of rotatable bonds is 6. The third kappa shape index (κ3) is 5.59. The Labute approximate surface area is 202 Å². The molecular weight excluding hydrogens is 467 g/mol. The number of carboxylic acid groups (broad SMARTS) is 1. The molecule has 9 nitrogen and oxygen atoms in total. The van der Waals surface area contributed by atoms with Gasteiger partial charge in [0.1, 0.15) is 11.5 Å². The lowest BCUT2D eigenvalue weighted by molar-refractivity contribution is 0.0995. The van der Waals surface area contributed by atoms with E-state index in [0.29, 0.717) is 36.0 Å². The molecule has 0 unspecified atom stereocenters. The summed E-state index contributed by atoms with van der Waals surface area (Å²) < 4.78 is 0. The Morgan fingerprint density at radius 1 is 1.24 bits per heavy atom. The molecule has 178 valence electrons. The zero-order valence-electron chi connectivity index (χ0n) is 18.8. The first-order valence-electron chi connectivity index (χ1n) is 10.5. The van der Waals surface area contributed by atoms with Crippen molar-refractivity contribution < 1.29 is 14.7 Å². The third-order valence-electron chi connectivity index (χ3n) is 5.95. The van der Waals surface area contributed by atoms with E-state index >= 15 is 0 Å². The molecule has 11 heteroatoms. The van der Waals surface area contributed by atoms with Crippen molar-refractivity contribution in [2.24, 2.45) is 11.1 Å². The van der Waals surface area contributed by atoms with E-state index in [1.165, 1.54) is 0 Å². The van der Waals surface area contributed by atoms with Gasteiger partial charge in [0.05, 0.1) is 15.6 Å². The van der Waals surface area contributed by atoms with Crippen LogP contribution in [-0.4, -0.2) is 45.7 Å². The van der Waals surface area contributed by atoms with Crippen LogP contribution >= 0.6 is 23.2 Å². The van der Waals surface area contributed by atoms with Crippen LogP contribution < -0.4 is 21.7 Å². The molecule has 1 saturated heterocycles. The summed E-state index contributed by atoms with van der Waals surface area (Å²) in [4.78, 5) is 34.2. The molecule has 2 amide bonds. The van der Waals surface area contributed by atoms with E-state index in [1.54, 1.807) is 18.2 Å². The lowest BCUT2D eigenvalue weighted by atomic mass is 9.72. The maximum absolute atomic E-state index is 12.3. The number of primary amides is 1. The summed E-state index contributed by atoms with van der Waals surface area (Å²) in [6.45, 7) is 7.13. The predicted octanol–water partition coefficient (Wildman–Crippen LogP) is 4.17. The number of nitrogen functional groups attached to an aromatic ring is 1. The fraction of sp³-hybridized carbons (Fsp3) is 0.455. The van der Waals surface area contributed by atoms with Gasteiger partial charge in [0.2, 0.25) is 5.95 Å². The largest absolute Gasteiger partial charge is 0.465 e. The Bertz CT molecular complexity index is 1080. The van der Waals surface area contributed by atoms with Crippen LogP contribution in [0.25, 0.3) is 11.1 Å². The van der Waals surface area contributed by atoms with Crippen LogP contribution in [0.1, 0.15) is 50.5 Å². The van der Waals surface area contributed by atoms with Gasteiger partial charge in [-0.25, -0.2) is 9.78 Å². The third-order valence-corrected chi connectivity index (χ3v) is 6.77. The minimum absolute atomic E-state index is 0.0261. The second kappa shape index (κ2) is 9.23. The van der Waals surface area contributed by atoms with Gasteiger partial charge in [0, 0.05) is 24.2 Å². The Morgan fingerprint density at radius 2 is 1.88 bits per heavy atom. The second-order valence-electron chi connectivity index (χ2n) is 9.39. The first-order chi connectivity index (χ1) is 15.3. The minimum Gasteiger partial charge on any atom is -0.465 e. The van der Waals surface area contributed by atoms with Crippen molar-refractivity contribution in [3.63, 3.8) is 0 Å². The zero-order valence-corrected chi connectivity index (χ0v) is 20.3. The monoisotopic (exact) mass is 494 g/mol. The van der Waals surface area contributed by atoms with Crippen LogP contribution in [0.2, 0.25) is 10.0 Å². The highest BCUT2D eigenvalue weighted by Gasteiger charge is 2.37. The maximum atomic E-state index is 12.3. The maximum Gasteiger partial charge on any atom is 0.405 e. The fourth-order valence-corrected chi connectivity index (χ4v) is 4.97. The first-order valence-corrected chi connectivity index (χ1v) is 11.3. The van der Waals surface area contributed by atoms with E-state index in [0.717, 1.165) is 12.8 Å². The van der Waals surface area contributed by atoms with Crippen molar-refractivity contribution in [2.75, 3.05) is 23.7 Å². The van der Waals surface area contributed by atoms with Gasteiger partial charge in [-0.05, 0) is 44.6 Å². The van der Waals surface area contributed by atoms with Gasteiger partial charge in [-0.15, -0.1) is 0 Å². The standard InChI is InChI=1S/C22H28Cl2N6O3/c1-21(2,29-20(32)33)11-22(3)7-9-30(10-8-22)19-27-16(18(26)31)14(17(25)28-19)12-5-4-6-13(23)15(12)24/h4-6,29H,7-11H2,1-3H3,(H2,26,31)(H,32,33)(H2,25,27,28). The van der Waals surface area contributed by atoms with Crippen LogP contribution in [-0.2, 0) is 0 Å². The molecule has 0 radical (unpaired) electrons. The first kappa shape index (κ1) is 24.9. The Balaban J connectivity index is 1.86. The molecule has 6 N–H and O–H groups in total. The summed E-state index contributed by atoms with van der Waals surface area (Å²) in [7, 11) is 0. The fourth-order valence-electron chi connectivity index (χ4n) is 4.57. The van der Waals surface area contributed by atoms with E-state index in [4.69, 9.17) is 39.8 Å². The molecular formula is C22H28Cl2N6O3. The van der Waals surface area contributed by atoms with E-state index in [9.17, 15) is 9.59 Å². The lowest BCUT2D eigenvalue weighted by Crippen LogP contribution is -2.49. The van der Waals surface area contributed by atoms with Gasteiger partial charge < -0.3 is 26.8 Å². The number of benzene rings is 1. The van der Waals surface area contributed by atoms with Gasteiger partial charge in [0.15, 0.2) is 0 Å². The zero-order chi connectivity index (χ0) is 24.6. The van der Waals surface area contributed by atoms with Crippen LogP contribution in [0.5, 0.6) is 0 Å². The normalized spacial score (nSPS) is 15.8. The molecule has 0 saturated carbocycles. The number of halogens is 2. The van der Waals surface area contributed by atoms with Crippen molar-refractivity contribution in [1.29, 1.82) is 0 Å². The van der Waals surface area contributed by atoms with Gasteiger partial charge >= 0.3 is 6.09 Å². The summed E-state index contributed by atoms with van der Waals surface area (Å²) in [5.74, 6) is -0.356. The number of carbonyl (C=O) groups excluding carboxylic acids is 1. The number of nitrogens with zero attached hydrogens (tertiary/aromatic N) is 3. The number of amides is 2. The molecule has 1 aromatic heterocycles. The molecule has 1 aromatic carbocycles. The number of anilines is 2. The minimum atomic E-state index is -1.04. The highest BCUT2D eigenvalue weighted by atomic mass is 35.5. The van der Waals surface area contributed by atoms with Crippen LogP contribution in [0.4, 0.5) is 16.6 Å². The second-order valence-corrected chi connectivity index (χ2v) is 10.2. The Kier molecular flexibility index (Phi) is 6.95. The number of hydrogen-bond acceptors (Lipinski definition) is 6. The summed E-state index contributed by atoms with van der Waals surface area (Å²) >= 11 is 12.5. The van der Waals surface area contributed by atoms with Crippen molar-refractivity contribution in [2.45, 2.75) is 45.6 Å². The lowest BCUT2D eigenvalue weighted by Gasteiger charge is -2.43. The van der Waals surface area contributed by atoms with E-state index in [1.807, 2.05) is 18.7 Å². The average Bonchev–Trinajstić information content (AvgIpc) is 2.68. The van der Waals surface area contributed by atoms with Crippen LogP contribution in [0.15, 0.2) is 18.2 Å². The molecule has 1 aliphatic heterocycles. The van der Waals surface area contributed by atoms with Gasteiger partial charge in [0.25, 0.3) is 5.91 Å². The molecule has 2 aromatic rings. The molecule has 0 bridgehead atoms. The van der Waals surface area contributed by atoms with Crippen LogP contribution in [0.3, 0.4) is 0 Å². The van der Waals surface area contributed by atoms with Gasteiger partial charge in [-0.3, -0.25) is 4.79 Å². The number of nitrogens with two attached hydrogens (primary N) is 2. The van der Waals surface area contributed by atoms with Gasteiger partial charge in [-0.1, -0.05) is 42.3 Å². The molecule has 0 spiro atoms. The number of aromatic nitrogens is 2. The highest BCUT2D eigenvalue weighted by Crippen LogP contribution is 2.41. The Morgan fingerprint density at radius 3 is 2.45 bits per heavy atom. The molecule has 2 heterocycles. The smallest absolute Gasteiger partial charge is 0.405 e. The van der Waals surface area contributed by atoms with E-state index in [-0.39, 0.29) is 27.5 Å². The number of nitrogens with one attached hydrogen (secondary N) is 1. The Hall–Kier alpha value is -2.78. The predicted molar refractivity (Wildman–Crippen MR) is 130 cm³/mol. The summed E-state index contributed by atoms with van der Waals surface area (Å²) in [6, 6.07) is 4.99. The molecule has 3 rings (SSSR count). The van der Waals surface area contributed by atoms with E-state index in [2.05, 4.69) is 22.2 Å². The van der Waals surface area contributed by atoms with Crippen molar-refractivity contribution >= 4 is 47.0 Å². The molecule has 0 atom stereocenters. The molecule has 1 aliphatic rings.